The van der Waals surface area contributed by atoms with Gasteiger partial charge in [-0.25, -0.2) is 0 Å². The van der Waals surface area contributed by atoms with Crippen LogP contribution in [0.15, 0.2) is 59.0 Å². The third-order valence-corrected chi connectivity index (χ3v) is 6.19. The number of carbonyl (C=O) groups is 1. The van der Waals surface area contributed by atoms with Crippen molar-refractivity contribution < 1.29 is 13.9 Å². The average Bonchev–Trinajstić information content (AvgIpc) is 3.40. The number of ether oxygens (including phenoxy) is 1. The first kappa shape index (κ1) is 24.9. The minimum absolute atomic E-state index is 0.185. The highest BCUT2D eigenvalue weighted by molar-refractivity contribution is 6.35. The van der Waals surface area contributed by atoms with E-state index < -0.39 is 0 Å². The number of benzene rings is 2. The van der Waals surface area contributed by atoms with Crippen LogP contribution < -0.4 is 10.1 Å². The second kappa shape index (κ2) is 10.6. The number of carbonyl (C=O) groups excluding carboxylic acids is 1. The molecular weight excluding hydrogens is 485 g/mol. The largest absolute Gasteiger partial charge is 0.485 e. The van der Waals surface area contributed by atoms with Gasteiger partial charge in [0.15, 0.2) is 11.6 Å². The molecule has 0 aliphatic rings. The second-order valence-corrected chi connectivity index (χ2v) is 9.61. The molecule has 0 saturated carbocycles. The first-order valence-corrected chi connectivity index (χ1v) is 12.1. The molecule has 0 unspecified atom stereocenters. The van der Waals surface area contributed by atoms with Crippen LogP contribution >= 0.6 is 23.2 Å². The Kier molecular flexibility index (Phi) is 7.53. The lowest BCUT2D eigenvalue weighted by atomic mass is 10.0. The molecule has 0 saturated heterocycles. The van der Waals surface area contributed by atoms with Gasteiger partial charge in [0.05, 0.1) is 6.54 Å². The molecule has 0 fully saturated rings. The maximum absolute atomic E-state index is 12.7. The van der Waals surface area contributed by atoms with E-state index in [1.165, 1.54) is 0 Å². The molecule has 0 bridgehead atoms. The van der Waals surface area contributed by atoms with E-state index in [4.69, 9.17) is 32.4 Å². The lowest BCUT2D eigenvalue weighted by Crippen LogP contribution is -2.12. The van der Waals surface area contributed by atoms with Crippen molar-refractivity contribution in [3.05, 3.63) is 98.5 Å². The minimum atomic E-state index is -0.385. The van der Waals surface area contributed by atoms with E-state index in [0.29, 0.717) is 34.1 Å². The Morgan fingerprint density at radius 2 is 1.89 bits per heavy atom. The van der Waals surface area contributed by atoms with Gasteiger partial charge in [-0.2, -0.15) is 5.10 Å². The number of rotatable bonds is 8. The zero-order valence-electron chi connectivity index (χ0n) is 20.1. The van der Waals surface area contributed by atoms with E-state index in [2.05, 4.69) is 36.4 Å². The minimum Gasteiger partial charge on any atom is -0.485 e. The molecule has 1 amide bonds. The fourth-order valence-corrected chi connectivity index (χ4v) is 4.16. The smallest absolute Gasteiger partial charge is 0.292 e. The number of nitrogens with one attached hydrogen (secondary N) is 1. The summed E-state index contributed by atoms with van der Waals surface area (Å²) in [4.78, 5) is 12.7. The second-order valence-electron chi connectivity index (χ2n) is 8.77. The SMILES string of the molecule is Cc1ccc(C(C)C)c(OCc2ccc(C(=O)Nc3cc(C)n(Cc4ccc(Cl)cc4Cl)n3)o2)c1. The number of anilines is 1. The number of nitrogens with zero attached hydrogens (tertiary/aromatic N) is 2. The summed E-state index contributed by atoms with van der Waals surface area (Å²) in [6, 6.07) is 16.7. The fraction of sp³-hybridized carbons (Fsp3) is 0.259. The van der Waals surface area contributed by atoms with Gasteiger partial charge in [-0.3, -0.25) is 9.48 Å². The topological polar surface area (TPSA) is 69.3 Å². The van der Waals surface area contributed by atoms with E-state index in [1.807, 2.05) is 26.0 Å². The number of hydrogen-bond donors (Lipinski definition) is 1. The molecule has 0 radical (unpaired) electrons. The van der Waals surface area contributed by atoms with Gasteiger partial charge in [-0.15, -0.1) is 0 Å². The molecule has 2 aromatic carbocycles. The van der Waals surface area contributed by atoms with Crippen molar-refractivity contribution in [3.63, 3.8) is 0 Å². The van der Waals surface area contributed by atoms with E-state index in [1.54, 1.807) is 35.0 Å². The number of hydrogen-bond acceptors (Lipinski definition) is 4. The molecule has 2 heterocycles. The van der Waals surface area contributed by atoms with Crippen LogP contribution in [0.3, 0.4) is 0 Å². The van der Waals surface area contributed by atoms with Gasteiger partial charge in [-0.1, -0.05) is 55.2 Å². The molecule has 35 heavy (non-hydrogen) atoms. The molecule has 6 nitrogen and oxygen atoms in total. The third kappa shape index (κ3) is 6.08. The fourth-order valence-electron chi connectivity index (χ4n) is 3.69. The molecule has 0 aliphatic carbocycles. The van der Waals surface area contributed by atoms with E-state index >= 15 is 0 Å². The lowest BCUT2D eigenvalue weighted by Gasteiger charge is -2.14. The van der Waals surface area contributed by atoms with E-state index in [-0.39, 0.29) is 18.3 Å². The van der Waals surface area contributed by atoms with Crippen LogP contribution in [0.4, 0.5) is 5.82 Å². The normalized spacial score (nSPS) is 11.2. The summed E-state index contributed by atoms with van der Waals surface area (Å²) < 4.78 is 13.5. The molecule has 2 aromatic heterocycles. The first-order valence-electron chi connectivity index (χ1n) is 11.3. The molecular formula is C27H27Cl2N3O3. The number of furan rings is 1. The van der Waals surface area contributed by atoms with Crippen molar-refractivity contribution in [1.82, 2.24) is 9.78 Å². The van der Waals surface area contributed by atoms with Crippen LogP contribution in [0.1, 0.15) is 58.5 Å². The van der Waals surface area contributed by atoms with Crippen molar-refractivity contribution in [2.45, 2.75) is 46.8 Å². The van der Waals surface area contributed by atoms with Crippen molar-refractivity contribution in [3.8, 4) is 5.75 Å². The number of amides is 1. The quantitative estimate of drug-likeness (QED) is 0.267. The molecule has 0 atom stereocenters. The monoisotopic (exact) mass is 511 g/mol. The van der Waals surface area contributed by atoms with Gasteiger partial charge in [0.2, 0.25) is 0 Å². The maximum Gasteiger partial charge on any atom is 0.292 e. The summed E-state index contributed by atoms with van der Waals surface area (Å²) in [6.45, 7) is 8.87. The average molecular weight is 512 g/mol. The Hall–Kier alpha value is -3.22. The van der Waals surface area contributed by atoms with Gasteiger partial charge in [0.1, 0.15) is 18.1 Å². The highest BCUT2D eigenvalue weighted by Gasteiger charge is 2.16. The maximum atomic E-state index is 12.7. The van der Waals surface area contributed by atoms with Gasteiger partial charge in [0, 0.05) is 21.8 Å². The van der Waals surface area contributed by atoms with Crippen molar-refractivity contribution >= 4 is 34.9 Å². The molecule has 4 aromatic rings. The van der Waals surface area contributed by atoms with Gasteiger partial charge >= 0.3 is 0 Å². The van der Waals surface area contributed by atoms with Crippen LogP contribution in [0.5, 0.6) is 5.75 Å². The van der Waals surface area contributed by atoms with Crippen LogP contribution in [-0.4, -0.2) is 15.7 Å². The predicted molar refractivity (Wildman–Crippen MR) is 139 cm³/mol. The van der Waals surface area contributed by atoms with E-state index in [0.717, 1.165) is 28.1 Å². The van der Waals surface area contributed by atoms with Crippen LogP contribution in [0.25, 0.3) is 0 Å². The number of aromatic nitrogens is 2. The summed E-state index contributed by atoms with van der Waals surface area (Å²) in [5, 5.41) is 8.41. The number of aryl methyl sites for hydroxylation is 2. The summed E-state index contributed by atoms with van der Waals surface area (Å²) in [6.07, 6.45) is 0. The Bertz CT molecular complexity index is 1360. The Labute approximate surface area is 214 Å². The van der Waals surface area contributed by atoms with Crippen molar-refractivity contribution in [2.24, 2.45) is 0 Å². The molecule has 8 heteroatoms. The Morgan fingerprint density at radius 3 is 2.63 bits per heavy atom. The van der Waals surface area contributed by atoms with Crippen LogP contribution in [0.2, 0.25) is 10.0 Å². The van der Waals surface area contributed by atoms with Crippen molar-refractivity contribution in [1.29, 1.82) is 0 Å². The molecule has 1 N–H and O–H groups in total. The summed E-state index contributed by atoms with van der Waals surface area (Å²) in [7, 11) is 0. The molecule has 182 valence electrons. The highest BCUT2D eigenvalue weighted by atomic mass is 35.5. The summed E-state index contributed by atoms with van der Waals surface area (Å²) in [5.41, 5.74) is 4.01. The van der Waals surface area contributed by atoms with Crippen molar-refractivity contribution in [2.75, 3.05) is 5.32 Å². The highest BCUT2D eigenvalue weighted by Crippen LogP contribution is 2.28. The summed E-state index contributed by atoms with van der Waals surface area (Å²) >= 11 is 12.3. The van der Waals surface area contributed by atoms with Gasteiger partial charge in [-0.05, 0) is 66.8 Å². The van der Waals surface area contributed by atoms with E-state index in [9.17, 15) is 4.79 Å². The standard InChI is InChI=1S/C27H27Cl2N3O3/c1-16(2)22-9-5-17(3)11-25(22)34-15-21-8-10-24(35-21)27(33)30-26-12-18(4)32(31-26)14-19-6-7-20(28)13-23(19)29/h5-13,16H,14-15H2,1-4H3,(H,30,31,33). The number of halogens is 2. The van der Waals surface area contributed by atoms with Gasteiger partial charge < -0.3 is 14.5 Å². The summed E-state index contributed by atoms with van der Waals surface area (Å²) in [5.74, 6) is 1.94. The predicted octanol–water partition coefficient (Wildman–Crippen LogP) is 7.40. The third-order valence-electron chi connectivity index (χ3n) is 5.60. The zero-order chi connectivity index (χ0) is 25.1. The molecule has 0 spiro atoms. The zero-order valence-corrected chi connectivity index (χ0v) is 21.6. The van der Waals surface area contributed by atoms with Crippen LogP contribution in [0, 0.1) is 13.8 Å². The first-order chi connectivity index (χ1) is 16.7. The van der Waals surface area contributed by atoms with Gasteiger partial charge in [0.25, 0.3) is 5.91 Å². The lowest BCUT2D eigenvalue weighted by molar-refractivity contribution is 0.0992. The molecule has 0 aliphatic heterocycles. The van der Waals surface area contributed by atoms with Crippen LogP contribution in [-0.2, 0) is 13.2 Å². The Morgan fingerprint density at radius 1 is 1.09 bits per heavy atom. The molecule has 4 rings (SSSR count). The Balaban J connectivity index is 1.40.